The van der Waals surface area contributed by atoms with E-state index in [0.717, 1.165) is 11.8 Å². The fourth-order valence-corrected chi connectivity index (χ4v) is 2.67. The molecule has 0 bridgehead atoms. The minimum absolute atomic E-state index is 0.831. The molecule has 15 heavy (non-hydrogen) atoms. The Morgan fingerprint density at radius 2 is 1.87 bits per heavy atom. The van der Waals surface area contributed by atoms with Crippen LogP contribution < -0.4 is 0 Å². The summed E-state index contributed by atoms with van der Waals surface area (Å²) in [5.41, 5.74) is 0. The molecule has 1 aliphatic heterocycles. The first-order valence-corrected chi connectivity index (χ1v) is 7.32. The van der Waals surface area contributed by atoms with Crippen LogP contribution in [0.4, 0.5) is 0 Å². The van der Waals surface area contributed by atoms with Gasteiger partial charge in [-0.3, -0.25) is 0 Å². The van der Waals surface area contributed by atoms with Crippen LogP contribution in [0.3, 0.4) is 0 Å². The molecule has 0 amide bonds. The Kier molecular flexibility index (Phi) is 7.54. The zero-order chi connectivity index (χ0) is 10.9. The van der Waals surface area contributed by atoms with Crippen LogP contribution in [0.1, 0.15) is 58.3 Å². The van der Waals surface area contributed by atoms with Crippen molar-refractivity contribution < 1.29 is 0 Å². The molecule has 1 nitrogen and oxygen atoms in total. The molecule has 1 heterocycles. The number of thiol groups is 1. The summed E-state index contributed by atoms with van der Waals surface area (Å²) in [6, 6.07) is 0.831. The highest BCUT2D eigenvalue weighted by atomic mass is 32.1. The summed E-state index contributed by atoms with van der Waals surface area (Å²) >= 11 is 4.24. The zero-order valence-electron chi connectivity index (χ0n) is 10.2. The normalized spacial score (nSPS) is 24.0. The van der Waals surface area contributed by atoms with E-state index in [1.54, 1.807) is 0 Å². The second-order valence-corrected chi connectivity index (χ2v) is 5.32. The van der Waals surface area contributed by atoms with Crippen molar-refractivity contribution in [3.63, 3.8) is 0 Å². The first kappa shape index (κ1) is 13.4. The molecule has 1 aliphatic rings. The van der Waals surface area contributed by atoms with Gasteiger partial charge in [-0.25, -0.2) is 0 Å². The molecule has 0 aliphatic carbocycles. The monoisotopic (exact) mass is 229 g/mol. The second kappa shape index (κ2) is 8.46. The first-order valence-electron chi connectivity index (χ1n) is 6.69. The molecule has 1 atom stereocenters. The quantitative estimate of drug-likeness (QED) is 0.536. The van der Waals surface area contributed by atoms with Gasteiger partial charge >= 0.3 is 0 Å². The summed E-state index contributed by atoms with van der Waals surface area (Å²) in [5.74, 6) is 1.06. The van der Waals surface area contributed by atoms with Crippen LogP contribution in [-0.4, -0.2) is 29.8 Å². The molecule has 0 radical (unpaired) electrons. The molecule has 1 unspecified atom stereocenters. The van der Waals surface area contributed by atoms with E-state index < -0.39 is 0 Å². The van der Waals surface area contributed by atoms with E-state index in [-0.39, 0.29) is 0 Å². The fraction of sp³-hybridized carbons (Fsp3) is 1.00. The van der Waals surface area contributed by atoms with Gasteiger partial charge in [0.25, 0.3) is 0 Å². The van der Waals surface area contributed by atoms with Crippen molar-refractivity contribution in [3.05, 3.63) is 0 Å². The standard InChI is InChI=1S/C13H27NS/c1-13-9-5-4-7-11-14(13)10-6-2-3-8-12-15/h13,15H,2-12H2,1H3. The molecular weight excluding hydrogens is 202 g/mol. The van der Waals surface area contributed by atoms with Crippen LogP contribution in [-0.2, 0) is 0 Å². The zero-order valence-corrected chi connectivity index (χ0v) is 11.1. The van der Waals surface area contributed by atoms with Crippen molar-refractivity contribution in [2.24, 2.45) is 0 Å². The molecule has 0 aromatic rings. The molecule has 0 saturated carbocycles. The minimum Gasteiger partial charge on any atom is -0.301 e. The third-order valence-electron chi connectivity index (χ3n) is 3.54. The Hall–Kier alpha value is 0.310. The van der Waals surface area contributed by atoms with Crippen LogP contribution in [0, 0.1) is 0 Å². The first-order chi connectivity index (χ1) is 7.34. The lowest BCUT2D eigenvalue weighted by Crippen LogP contribution is -2.33. The van der Waals surface area contributed by atoms with Gasteiger partial charge in [0.2, 0.25) is 0 Å². The highest BCUT2D eigenvalue weighted by molar-refractivity contribution is 7.80. The Morgan fingerprint density at radius 3 is 2.67 bits per heavy atom. The molecule has 1 saturated heterocycles. The molecule has 1 rings (SSSR count). The Balaban J connectivity index is 2.07. The van der Waals surface area contributed by atoms with E-state index in [9.17, 15) is 0 Å². The van der Waals surface area contributed by atoms with Crippen LogP contribution >= 0.6 is 12.6 Å². The predicted molar refractivity (Wildman–Crippen MR) is 71.8 cm³/mol. The van der Waals surface area contributed by atoms with Crippen molar-refractivity contribution in [2.45, 2.75) is 64.3 Å². The molecule has 90 valence electrons. The summed E-state index contributed by atoms with van der Waals surface area (Å²) in [6.07, 6.45) is 11.2. The Labute approximate surface area is 101 Å². The summed E-state index contributed by atoms with van der Waals surface area (Å²) in [7, 11) is 0. The van der Waals surface area contributed by atoms with Gasteiger partial charge in [-0.05, 0) is 51.4 Å². The van der Waals surface area contributed by atoms with E-state index in [2.05, 4.69) is 24.5 Å². The van der Waals surface area contributed by atoms with Gasteiger partial charge in [-0.1, -0.05) is 25.7 Å². The molecule has 1 fully saturated rings. The number of unbranched alkanes of at least 4 members (excludes halogenated alkanes) is 3. The van der Waals surface area contributed by atoms with Crippen LogP contribution in [0.25, 0.3) is 0 Å². The maximum Gasteiger partial charge on any atom is 0.00669 e. The lowest BCUT2D eigenvalue weighted by atomic mass is 10.1. The van der Waals surface area contributed by atoms with Gasteiger partial charge in [-0.2, -0.15) is 12.6 Å². The maximum atomic E-state index is 4.24. The molecule has 0 aromatic carbocycles. The van der Waals surface area contributed by atoms with Crippen molar-refractivity contribution in [2.75, 3.05) is 18.8 Å². The minimum atomic E-state index is 0.831. The van der Waals surface area contributed by atoms with Crippen LogP contribution in [0.15, 0.2) is 0 Å². The average molecular weight is 229 g/mol. The summed E-state index contributed by atoms with van der Waals surface area (Å²) < 4.78 is 0. The van der Waals surface area contributed by atoms with Gasteiger partial charge in [-0.15, -0.1) is 0 Å². The average Bonchev–Trinajstić information content (AvgIpc) is 2.44. The van der Waals surface area contributed by atoms with Gasteiger partial charge in [0.15, 0.2) is 0 Å². The third-order valence-corrected chi connectivity index (χ3v) is 3.86. The van der Waals surface area contributed by atoms with Gasteiger partial charge in [0.1, 0.15) is 0 Å². The van der Waals surface area contributed by atoms with Crippen LogP contribution in [0.5, 0.6) is 0 Å². The third kappa shape index (κ3) is 5.82. The number of rotatable bonds is 6. The van der Waals surface area contributed by atoms with E-state index >= 15 is 0 Å². The number of hydrogen-bond donors (Lipinski definition) is 1. The molecule has 0 N–H and O–H groups in total. The summed E-state index contributed by atoms with van der Waals surface area (Å²) in [4.78, 5) is 2.70. The van der Waals surface area contributed by atoms with Crippen molar-refractivity contribution in [1.82, 2.24) is 4.90 Å². The number of hydrogen-bond acceptors (Lipinski definition) is 2. The maximum absolute atomic E-state index is 4.24. The lowest BCUT2D eigenvalue weighted by molar-refractivity contribution is 0.209. The van der Waals surface area contributed by atoms with E-state index in [4.69, 9.17) is 0 Å². The van der Waals surface area contributed by atoms with Gasteiger partial charge < -0.3 is 4.90 Å². The van der Waals surface area contributed by atoms with Gasteiger partial charge in [0.05, 0.1) is 0 Å². The number of likely N-dealkylation sites (tertiary alicyclic amines) is 1. The molecular formula is C13H27NS. The molecule has 0 spiro atoms. The predicted octanol–water partition coefficient (Wildman–Crippen LogP) is 3.74. The fourth-order valence-electron chi connectivity index (χ4n) is 2.45. The summed E-state index contributed by atoms with van der Waals surface area (Å²) in [5, 5.41) is 0. The van der Waals surface area contributed by atoms with E-state index in [1.807, 2.05) is 0 Å². The van der Waals surface area contributed by atoms with E-state index in [1.165, 1.54) is 64.5 Å². The van der Waals surface area contributed by atoms with Crippen molar-refractivity contribution >= 4 is 12.6 Å². The topological polar surface area (TPSA) is 3.24 Å². The SMILES string of the molecule is CC1CCCCCN1CCCCCCS. The molecule has 2 heteroatoms. The smallest absolute Gasteiger partial charge is 0.00669 e. The van der Waals surface area contributed by atoms with Crippen LogP contribution in [0.2, 0.25) is 0 Å². The lowest BCUT2D eigenvalue weighted by Gasteiger charge is -2.26. The van der Waals surface area contributed by atoms with Crippen molar-refractivity contribution in [3.8, 4) is 0 Å². The second-order valence-electron chi connectivity index (χ2n) is 4.87. The van der Waals surface area contributed by atoms with Gasteiger partial charge in [0, 0.05) is 6.04 Å². The number of nitrogens with zero attached hydrogens (tertiary/aromatic N) is 1. The Morgan fingerprint density at radius 1 is 1.07 bits per heavy atom. The summed E-state index contributed by atoms with van der Waals surface area (Å²) in [6.45, 7) is 5.07. The highest BCUT2D eigenvalue weighted by Gasteiger charge is 2.15. The Bertz CT molecular complexity index is 149. The highest BCUT2D eigenvalue weighted by Crippen LogP contribution is 2.17. The van der Waals surface area contributed by atoms with Crippen molar-refractivity contribution in [1.29, 1.82) is 0 Å². The molecule has 0 aromatic heterocycles. The van der Waals surface area contributed by atoms with E-state index in [0.29, 0.717) is 0 Å². The largest absolute Gasteiger partial charge is 0.301 e.